The molecule has 30 heavy (non-hydrogen) atoms. The fourth-order valence-corrected chi connectivity index (χ4v) is 4.05. The third-order valence-corrected chi connectivity index (χ3v) is 6.24. The van der Waals surface area contributed by atoms with Crippen LogP contribution in [0.2, 0.25) is 39.3 Å². The highest BCUT2D eigenvalue weighted by Crippen LogP contribution is 2.23. The summed E-state index contributed by atoms with van der Waals surface area (Å²) in [5.41, 5.74) is 6.91. The van der Waals surface area contributed by atoms with E-state index in [2.05, 4.69) is 67.5 Å². The van der Waals surface area contributed by atoms with Gasteiger partial charge in [0.25, 0.3) is 0 Å². The van der Waals surface area contributed by atoms with Gasteiger partial charge in [-0.3, -0.25) is 4.79 Å². The van der Waals surface area contributed by atoms with Crippen molar-refractivity contribution in [1.29, 1.82) is 0 Å². The number of hydrogen-bond donors (Lipinski definition) is 2. The van der Waals surface area contributed by atoms with E-state index in [1.165, 1.54) is 0 Å². The smallest absolute Gasteiger partial charge is 0.220 e. The van der Waals surface area contributed by atoms with E-state index in [9.17, 15) is 9.90 Å². The molecule has 0 saturated carbocycles. The van der Waals surface area contributed by atoms with Gasteiger partial charge in [-0.25, -0.2) is 0 Å². The summed E-state index contributed by atoms with van der Waals surface area (Å²) in [7, 11) is -2.93. The maximum Gasteiger partial charge on any atom is 0.220 e. The molecule has 3 nitrogen and oxygen atoms in total. The lowest BCUT2D eigenvalue weighted by Gasteiger charge is -2.24. The SMILES string of the molecule is C[Si](C)(C)C#CCC(O)(CC#C[Si](C)(C)C)CCCCC(=O)NCc1ccccc1. The maximum atomic E-state index is 12.1. The molecule has 0 fully saturated rings. The number of aliphatic hydroxyl groups is 1. The van der Waals surface area contributed by atoms with E-state index in [4.69, 9.17) is 0 Å². The minimum atomic E-state index is -1.46. The van der Waals surface area contributed by atoms with Gasteiger partial charge in [0, 0.05) is 25.8 Å². The first kappa shape index (κ1) is 26.2. The number of benzene rings is 1. The molecule has 1 rings (SSSR count). The minimum Gasteiger partial charge on any atom is -0.388 e. The summed E-state index contributed by atoms with van der Waals surface area (Å²) in [5.74, 6) is 6.51. The number of nitrogens with one attached hydrogen (secondary N) is 1. The number of hydrogen-bond acceptors (Lipinski definition) is 2. The Bertz CT molecular complexity index is 750. The number of unbranched alkanes of at least 4 members (excludes halogenated alkanes) is 1. The summed E-state index contributed by atoms with van der Waals surface area (Å²) in [4.78, 5) is 12.1. The van der Waals surface area contributed by atoms with E-state index in [0.29, 0.717) is 32.2 Å². The van der Waals surface area contributed by atoms with Gasteiger partial charge in [-0.15, -0.1) is 22.9 Å². The molecule has 0 spiro atoms. The highest BCUT2D eigenvalue weighted by molar-refractivity contribution is 6.84. The van der Waals surface area contributed by atoms with Crippen LogP contribution < -0.4 is 5.32 Å². The molecular formula is C25H39NO2Si2. The van der Waals surface area contributed by atoms with Crippen LogP contribution in [0.15, 0.2) is 30.3 Å². The van der Waals surface area contributed by atoms with Crippen molar-refractivity contribution in [2.75, 3.05) is 0 Å². The Morgan fingerprint density at radius 2 is 1.47 bits per heavy atom. The average Bonchev–Trinajstić information content (AvgIpc) is 2.62. The van der Waals surface area contributed by atoms with Gasteiger partial charge < -0.3 is 10.4 Å². The summed E-state index contributed by atoms with van der Waals surface area (Å²) < 4.78 is 0. The van der Waals surface area contributed by atoms with Crippen molar-refractivity contribution in [3.8, 4) is 22.9 Å². The van der Waals surface area contributed by atoms with Crippen LogP contribution in [0.1, 0.15) is 44.1 Å². The normalized spacial score (nSPS) is 11.7. The van der Waals surface area contributed by atoms with E-state index >= 15 is 0 Å². The molecule has 0 atom stereocenters. The van der Waals surface area contributed by atoms with Crippen molar-refractivity contribution in [3.63, 3.8) is 0 Å². The Kier molecular flexibility index (Phi) is 10.6. The number of carbonyl (C=O) groups excluding carboxylic acids is 1. The second-order valence-corrected chi connectivity index (χ2v) is 19.7. The molecule has 1 aromatic rings. The van der Waals surface area contributed by atoms with Crippen LogP contribution in [-0.4, -0.2) is 32.8 Å². The lowest BCUT2D eigenvalue weighted by Crippen LogP contribution is -2.29. The first-order chi connectivity index (χ1) is 13.9. The van der Waals surface area contributed by atoms with E-state index in [1.807, 2.05) is 30.3 Å². The Morgan fingerprint density at radius 1 is 0.933 bits per heavy atom. The molecule has 0 unspecified atom stereocenters. The van der Waals surface area contributed by atoms with Crippen molar-refractivity contribution < 1.29 is 9.90 Å². The van der Waals surface area contributed by atoms with Gasteiger partial charge in [-0.05, 0) is 18.4 Å². The van der Waals surface area contributed by atoms with Gasteiger partial charge in [0.2, 0.25) is 5.91 Å². The van der Waals surface area contributed by atoms with Crippen molar-refractivity contribution in [1.82, 2.24) is 5.32 Å². The fraction of sp³-hybridized carbons (Fsp3) is 0.560. The molecule has 5 heteroatoms. The molecule has 164 valence electrons. The van der Waals surface area contributed by atoms with Gasteiger partial charge in [0.1, 0.15) is 16.1 Å². The van der Waals surface area contributed by atoms with Crippen molar-refractivity contribution >= 4 is 22.1 Å². The summed E-state index contributed by atoms with van der Waals surface area (Å²) in [6.07, 6.45) is 3.56. The lowest BCUT2D eigenvalue weighted by molar-refractivity contribution is -0.121. The van der Waals surface area contributed by atoms with Crippen molar-refractivity contribution in [2.45, 2.75) is 90.0 Å². The number of amides is 1. The predicted octanol–water partition coefficient (Wildman–Crippen LogP) is 5.14. The standard InChI is InChI=1S/C25H39NO2Si2/c1-29(2,3)20-12-18-25(28,19-13-21-30(4,5)6)17-11-10-16-24(27)26-22-23-14-8-7-9-15-23/h7-9,14-15,28H,10-11,16-19,22H2,1-6H3,(H,26,27). The third-order valence-electron chi connectivity index (χ3n) is 4.39. The largest absolute Gasteiger partial charge is 0.388 e. The minimum absolute atomic E-state index is 0.0550. The zero-order chi connectivity index (χ0) is 22.7. The van der Waals surface area contributed by atoms with Crippen LogP contribution in [0.5, 0.6) is 0 Å². The van der Waals surface area contributed by atoms with Gasteiger partial charge in [-0.1, -0.05) is 76.0 Å². The van der Waals surface area contributed by atoms with E-state index in [0.717, 1.165) is 18.4 Å². The molecule has 0 radical (unpaired) electrons. The highest BCUT2D eigenvalue weighted by atomic mass is 28.3. The van der Waals surface area contributed by atoms with E-state index in [1.54, 1.807) is 0 Å². The summed E-state index contributed by atoms with van der Waals surface area (Å²) in [5, 5.41) is 14.1. The fourth-order valence-electron chi connectivity index (χ4n) is 2.81. The quantitative estimate of drug-likeness (QED) is 0.317. The summed E-state index contributed by atoms with van der Waals surface area (Å²) >= 11 is 0. The molecule has 0 aliphatic heterocycles. The summed E-state index contributed by atoms with van der Waals surface area (Å²) in [6.45, 7) is 13.8. The van der Waals surface area contributed by atoms with Crippen LogP contribution in [0.25, 0.3) is 0 Å². The predicted molar refractivity (Wildman–Crippen MR) is 133 cm³/mol. The van der Waals surface area contributed by atoms with Crippen LogP contribution in [0.3, 0.4) is 0 Å². The molecule has 2 N–H and O–H groups in total. The molecule has 0 aliphatic carbocycles. The zero-order valence-corrected chi connectivity index (χ0v) is 21.7. The Balaban J connectivity index is 2.53. The monoisotopic (exact) mass is 441 g/mol. The number of rotatable bonds is 9. The Hall–Kier alpha value is -1.80. The first-order valence-corrected chi connectivity index (χ1v) is 17.9. The second kappa shape index (κ2) is 12.2. The average molecular weight is 442 g/mol. The van der Waals surface area contributed by atoms with Gasteiger partial charge in [0.15, 0.2) is 0 Å². The molecular weight excluding hydrogens is 402 g/mol. The third kappa shape index (κ3) is 13.4. The zero-order valence-electron chi connectivity index (χ0n) is 19.7. The second-order valence-electron chi connectivity index (χ2n) is 10.2. The van der Waals surface area contributed by atoms with Gasteiger partial charge >= 0.3 is 0 Å². The molecule has 0 heterocycles. The lowest BCUT2D eigenvalue weighted by atomic mass is 9.90. The Morgan fingerprint density at radius 3 is 1.97 bits per heavy atom. The van der Waals surface area contributed by atoms with Crippen LogP contribution in [-0.2, 0) is 11.3 Å². The molecule has 1 amide bonds. The van der Waals surface area contributed by atoms with Gasteiger partial charge in [-0.2, -0.15) is 0 Å². The molecule has 0 aromatic heterocycles. The van der Waals surface area contributed by atoms with Crippen molar-refractivity contribution in [2.24, 2.45) is 0 Å². The van der Waals surface area contributed by atoms with E-state index in [-0.39, 0.29) is 5.91 Å². The van der Waals surface area contributed by atoms with Crippen LogP contribution >= 0.6 is 0 Å². The Labute approximate surface area is 186 Å². The summed E-state index contributed by atoms with van der Waals surface area (Å²) in [6, 6.07) is 9.91. The number of carbonyl (C=O) groups is 1. The van der Waals surface area contributed by atoms with Crippen LogP contribution in [0.4, 0.5) is 0 Å². The highest BCUT2D eigenvalue weighted by Gasteiger charge is 2.25. The van der Waals surface area contributed by atoms with Gasteiger partial charge in [0.05, 0.1) is 5.60 Å². The van der Waals surface area contributed by atoms with E-state index < -0.39 is 21.7 Å². The first-order valence-electron chi connectivity index (χ1n) is 10.9. The topological polar surface area (TPSA) is 49.3 Å². The molecule has 1 aromatic carbocycles. The van der Waals surface area contributed by atoms with Crippen molar-refractivity contribution in [3.05, 3.63) is 35.9 Å². The molecule has 0 bridgehead atoms. The molecule has 0 saturated heterocycles. The molecule has 0 aliphatic rings. The maximum absolute atomic E-state index is 12.1. The van der Waals surface area contributed by atoms with Crippen LogP contribution in [0, 0.1) is 22.9 Å².